The summed E-state index contributed by atoms with van der Waals surface area (Å²) in [6.07, 6.45) is 1.58. The third-order valence-corrected chi connectivity index (χ3v) is 5.10. The molecular weight excluding hydrogens is 366 g/mol. The van der Waals surface area contributed by atoms with Gasteiger partial charge in [-0.3, -0.25) is 0 Å². The van der Waals surface area contributed by atoms with Crippen molar-refractivity contribution in [2.75, 3.05) is 0 Å². The minimum Gasteiger partial charge on any atom is -0.390 e. The van der Waals surface area contributed by atoms with Gasteiger partial charge in [0.15, 0.2) is 5.16 Å². The fourth-order valence-electron chi connectivity index (χ4n) is 2.38. The van der Waals surface area contributed by atoms with E-state index in [1.165, 1.54) is 30.0 Å². The zero-order valence-electron chi connectivity index (χ0n) is 13.1. The summed E-state index contributed by atoms with van der Waals surface area (Å²) in [5.41, 5.74) is 1.92. The number of hydrogen-bond donors (Lipinski definition) is 1. The maximum Gasteiger partial charge on any atom is 0.168 e. The van der Waals surface area contributed by atoms with Crippen molar-refractivity contribution < 1.29 is 13.9 Å². The van der Waals surface area contributed by atoms with Crippen molar-refractivity contribution in [1.82, 2.24) is 9.55 Å². The summed E-state index contributed by atoms with van der Waals surface area (Å²) in [6.45, 7) is 0.263. The molecular formula is C18H15ClF2N2OS. The topological polar surface area (TPSA) is 38.1 Å². The second-order valence-electron chi connectivity index (χ2n) is 5.39. The van der Waals surface area contributed by atoms with Crippen molar-refractivity contribution in [3.63, 3.8) is 0 Å². The van der Waals surface area contributed by atoms with E-state index in [1.54, 1.807) is 30.5 Å². The van der Waals surface area contributed by atoms with Crippen LogP contribution >= 0.6 is 23.4 Å². The number of rotatable bonds is 6. The van der Waals surface area contributed by atoms with Crippen LogP contribution in [0.3, 0.4) is 0 Å². The Bertz CT molecular complexity index is 848. The fourth-order valence-corrected chi connectivity index (χ4v) is 3.72. The molecule has 25 heavy (non-hydrogen) atoms. The number of aliphatic hydroxyl groups is 1. The third-order valence-electron chi connectivity index (χ3n) is 3.72. The van der Waals surface area contributed by atoms with Gasteiger partial charge in [-0.15, -0.1) is 0 Å². The lowest BCUT2D eigenvalue weighted by atomic mass is 10.2. The zero-order valence-corrected chi connectivity index (χ0v) is 14.7. The molecule has 3 nitrogen and oxygen atoms in total. The zero-order chi connectivity index (χ0) is 17.8. The summed E-state index contributed by atoms with van der Waals surface area (Å²) in [4.78, 5) is 4.30. The molecule has 0 atom stereocenters. The maximum atomic E-state index is 13.9. The number of benzene rings is 2. The molecule has 1 N–H and O–H groups in total. The van der Waals surface area contributed by atoms with E-state index in [1.807, 2.05) is 4.57 Å². The standard InChI is InChI=1S/C18H15ClF2N2OS/c19-16-2-1-3-17(21)15(16)11-25-18-22-8-14(10-24)23(18)9-12-4-6-13(20)7-5-12/h1-8,24H,9-11H2. The molecule has 0 saturated heterocycles. The van der Waals surface area contributed by atoms with Gasteiger partial charge in [-0.05, 0) is 29.8 Å². The second-order valence-corrected chi connectivity index (χ2v) is 6.74. The average Bonchev–Trinajstić information content (AvgIpc) is 2.98. The van der Waals surface area contributed by atoms with Crippen molar-refractivity contribution in [3.05, 3.63) is 82.1 Å². The first-order valence-electron chi connectivity index (χ1n) is 7.54. The van der Waals surface area contributed by atoms with Crippen LogP contribution in [0.1, 0.15) is 16.8 Å². The van der Waals surface area contributed by atoms with Crippen LogP contribution in [-0.2, 0) is 18.9 Å². The van der Waals surface area contributed by atoms with E-state index < -0.39 is 0 Å². The molecule has 0 bridgehead atoms. The Morgan fingerprint density at radius 1 is 1.12 bits per heavy atom. The Hall–Kier alpha value is -1.89. The van der Waals surface area contributed by atoms with Gasteiger partial charge in [0.05, 0.1) is 18.5 Å². The van der Waals surface area contributed by atoms with E-state index in [4.69, 9.17) is 11.6 Å². The Morgan fingerprint density at radius 2 is 1.88 bits per heavy atom. The molecule has 3 rings (SSSR count). The van der Waals surface area contributed by atoms with Crippen molar-refractivity contribution in [2.45, 2.75) is 24.1 Å². The van der Waals surface area contributed by atoms with Crippen molar-refractivity contribution in [2.24, 2.45) is 0 Å². The van der Waals surface area contributed by atoms with Gasteiger partial charge in [-0.1, -0.05) is 41.6 Å². The summed E-state index contributed by atoms with van der Waals surface area (Å²) in [5, 5.41) is 10.5. The van der Waals surface area contributed by atoms with Gasteiger partial charge < -0.3 is 9.67 Å². The smallest absolute Gasteiger partial charge is 0.168 e. The predicted octanol–water partition coefficient (Wildman–Crippen LogP) is 4.65. The average molecular weight is 381 g/mol. The van der Waals surface area contributed by atoms with Crippen LogP contribution in [0, 0.1) is 11.6 Å². The van der Waals surface area contributed by atoms with Crippen molar-refractivity contribution in [1.29, 1.82) is 0 Å². The van der Waals surface area contributed by atoms with Crippen LogP contribution < -0.4 is 0 Å². The normalized spacial score (nSPS) is 11.0. The van der Waals surface area contributed by atoms with Gasteiger partial charge in [-0.2, -0.15) is 0 Å². The number of aromatic nitrogens is 2. The van der Waals surface area contributed by atoms with E-state index in [0.29, 0.717) is 33.7 Å². The number of halogens is 3. The minimum atomic E-state index is -0.362. The summed E-state index contributed by atoms with van der Waals surface area (Å²) >= 11 is 7.39. The molecule has 0 aliphatic carbocycles. The number of nitrogens with zero attached hydrogens (tertiary/aromatic N) is 2. The van der Waals surface area contributed by atoms with Crippen LogP contribution in [-0.4, -0.2) is 14.7 Å². The monoisotopic (exact) mass is 380 g/mol. The largest absolute Gasteiger partial charge is 0.390 e. The molecule has 0 saturated carbocycles. The van der Waals surface area contributed by atoms with E-state index in [0.717, 1.165) is 5.56 Å². The van der Waals surface area contributed by atoms with Gasteiger partial charge in [0.25, 0.3) is 0 Å². The second kappa shape index (κ2) is 7.99. The highest BCUT2D eigenvalue weighted by atomic mass is 35.5. The van der Waals surface area contributed by atoms with Crippen LogP contribution in [0.5, 0.6) is 0 Å². The van der Waals surface area contributed by atoms with Gasteiger partial charge in [0.1, 0.15) is 11.6 Å². The lowest BCUT2D eigenvalue weighted by molar-refractivity contribution is 0.270. The van der Waals surface area contributed by atoms with Gasteiger partial charge in [0, 0.05) is 22.9 Å². The molecule has 1 aromatic heterocycles. The third kappa shape index (κ3) is 4.21. The number of thioether (sulfide) groups is 1. The van der Waals surface area contributed by atoms with Crippen LogP contribution in [0.25, 0.3) is 0 Å². The molecule has 7 heteroatoms. The molecule has 0 radical (unpaired) electrons. The first-order chi connectivity index (χ1) is 12.1. The Balaban J connectivity index is 1.82. The van der Waals surface area contributed by atoms with E-state index in [9.17, 15) is 13.9 Å². The van der Waals surface area contributed by atoms with Crippen LogP contribution in [0.15, 0.2) is 53.8 Å². The number of aliphatic hydroxyl groups excluding tert-OH is 1. The van der Waals surface area contributed by atoms with Crippen LogP contribution in [0.4, 0.5) is 8.78 Å². The lowest BCUT2D eigenvalue weighted by Crippen LogP contribution is -2.06. The van der Waals surface area contributed by atoms with E-state index in [-0.39, 0.29) is 18.2 Å². The molecule has 0 fully saturated rings. The lowest BCUT2D eigenvalue weighted by Gasteiger charge is -2.11. The highest BCUT2D eigenvalue weighted by Gasteiger charge is 2.13. The molecule has 0 unspecified atom stereocenters. The summed E-state index contributed by atoms with van der Waals surface area (Å²) in [7, 11) is 0. The molecule has 130 valence electrons. The molecule has 0 amide bonds. The van der Waals surface area contributed by atoms with Gasteiger partial charge in [0.2, 0.25) is 0 Å². The van der Waals surface area contributed by atoms with E-state index in [2.05, 4.69) is 4.98 Å². The molecule has 3 aromatic rings. The molecule has 0 spiro atoms. The van der Waals surface area contributed by atoms with Gasteiger partial charge >= 0.3 is 0 Å². The highest BCUT2D eigenvalue weighted by molar-refractivity contribution is 7.98. The summed E-state index contributed by atoms with van der Waals surface area (Å²) < 4.78 is 28.8. The van der Waals surface area contributed by atoms with Crippen molar-refractivity contribution >= 4 is 23.4 Å². The Kier molecular flexibility index (Phi) is 5.73. The predicted molar refractivity (Wildman–Crippen MR) is 94.6 cm³/mol. The summed E-state index contributed by atoms with van der Waals surface area (Å²) in [5.74, 6) is -0.351. The SMILES string of the molecule is OCc1cnc(SCc2c(F)cccc2Cl)n1Cc1ccc(F)cc1. The summed E-state index contributed by atoms with van der Waals surface area (Å²) in [6, 6.07) is 10.7. The molecule has 0 aliphatic heterocycles. The Labute approximate surface area is 153 Å². The van der Waals surface area contributed by atoms with Crippen LogP contribution in [0.2, 0.25) is 5.02 Å². The first kappa shape index (κ1) is 17.9. The molecule has 2 aromatic carbocycles. The molecule has 1 heterocycles. The number of imidazole rings is 1. The maximum absolute atomic E-state index is 13.9. The Morgan fingerprint density at radius 3 is 2.56 bits per heavy atom. The quantitative estimate of drug-likeness (QED) is 0.633. The highest BCUT2D eigenvalue weighted by Crippen LogP contribution is 2.29. The molecule has 0 aliphatic rings. The van der Waals surface area contributed by atoms with Crippen molar-refractivity contribution in [3.8, 4) is 0 Å². The first-order valence-corrected chi connectivity index (χ1v) is 8.90. The minimum absolute atomic E-state index is 0.171. The van der Waals surface area contributed by atoms with E-state index >= 15 is 0 Å². The fraction of sp³-hybridized carbons (Fsp3) is 0.167. The number of hydrogen-bond acceptors (Lipinski definition) is 3. The van der Waals surface area contributed by atoms with Gasteiger partial charge in [-0.25, -0.2) is 13.8 Å².